The highest BCUT2D eigenvalue weighted by Crippen LogP contribution is 2.43. The third-order valence-corrected chi connectivity index (χ3v) is 9.77. The average molecular weight is 814 g/mol. The van der Waals surface area contributed by atoms with Gasteiger partial charge >= 0.3 is 7.82 Å². The standard InChI is InChI=1S/C48H81N2O6P/c1-6-8-10-12-13-14-15-16-17-18-19-20-21-22-23-24-25-26-27-28-29-30-31-32-33-34-35-36-37-38-40-42-48(52)49-46(47(51)41-39-11-9-7-2)45-56-57(53,54)55-44-43-50(3,4)5/h8,10,13-14,16-17,19-20,22-23,25-26,28-29,31-32,34-35,46-47,51H,6-7,9,11-12,15,18,21,24,27,30,33,36-45H2,1-5H3,(H-,49,52,53,54)/p+1/b10-8-,14-13-,17-16-,20-19-,23-22-,26-25-,29-28-,32-31-,35-34-. The number of allylic oxidation sites excluding steroid dienone is 18. The fourth-order valence-corrected chi connectivity index (χ4v) is 6.06. The number of phosphoric ester groups is 1. The molecule has 0 fully saturated rings. The van der Waals surface area contributed by atoms with Crippen molar-refractivity contribution in [2.75, 3.05) is 40.9 Å². The van der Waals surface area contributed by atoms with Gasteiger partial charge in [0, 0.05) is 6.42 Å². The minimum absolute atomic E-state index is 0.0597. The number of carbonyl (C=O) groups is 1. The number of aliphatic hydroxyl groups is 1. The predicted molar refractivity (Wildman–Crippen MR) is 244 cm³/mol. The molecule has 324 valence electrons. The Balaban J connectivity index is 4.12. The van der Waals surface area contributed by atoms with Crippen LogP contribution in [0, 0.1) is 0 Å². The molecule has 0 aromatic carbocycles. The van der Waals surface area contributed by atoms with Crippen LogP contribution in [-0.4, -0.2) is 73.4 Å². The second kappa shape index (κ2) is 38.7. The summed E-state index contributed by atoms with van der Waals surface area (Å²) in [7, 11) is 1.56. The van der Waals surface area contributed by atoms with E-state index in [0.29, 0.717) is 23.9 Å². The van der Waals surface area contributed by atoms with Gasteiger partial charge in [0.2, 0.25) is 5.91 Å². The SMILES string of the molecule is CC/C=C\C/C=C\C/C=C\C/C=C\C/C=C\C/C=C\C/C=C\C/C=C\C/C=C\CCCCCC(=O)NC(COP(=O)(O)OCC[N+](C)(C)C)C(O)CCCCCC. The highest BCUT2D eigenvalue weighted by atomic mass is 31.2. The smallest absolute Gasteiger partial charge is 0.391 e. The van der Waals surface area contributed by atoms with Crippen molar-refractivity contribution in [3.05, 3.63) is 109 Å². The van der Waals surface area contributed by atoms with Crippen molar-refractivity contribution >= 4 is 13.7 Å². The molecule has 57 heavy (non-hydrogen) atoms. The van der Waals surface area contributed by atoms with Crippen molar-refractivity contribution in [3.63, 3.8) is 0 Å². The van der Waals surface area contributed by atoms with E-state index in [1.54, 1.807) is 0 Å². The first-order valence-electron chi connectivity index (χ1n) is 21.8. The van der Waals surface area contributed by atoms with Gasteiger partial charge in [-0.15, -0.1) is 0 Å². The molecule has 1 amide bonds. The van der Waals surface area contributed by atoms with Gasteiger partial charge in [-0.25, -0.2) is 4.57 Å². The molecule has 0 saturated heterocycles. The summed E-state index contributed by atoms with van der Waals surface area (Å²) in [5.41, 5.74) is 0. The van der Waals surface area contributed by atoms with Crippen molar-refractivity contribution in [2.24, 2.45) is 0 Å². The minimum atomic E-state index is -4.31. The van der Waals surface area contributed by atoms with Crippen LogP contribution in [0.3, 0.4) is 0 Å². The first-order chi connectivity index (χ1) is 27.5. The topological polar surface area (TPSA) is 105 Å². The van der Waals surface area contributed by atoms with Crippen LogP contribution in [-0.2, 0) is 18.4 Å². The van der Waals surface area contributed by atoms with E-state index in [1.165, 1.54) is 0 Å². The van der Waals surface area contributed by atoms with Crippen molar-refractivity contribution < 1.29 is 32.9 Å². The molecule has 9 heteroatoms. The van der Waals surface area contributed by atoms with Crippen LogP contribution in [0.25, 0.3) is 0 Å². The Labute approximate surface area is 349 Å². The van der Waals surface area contributed by atoms with Gasteiger partial charge in [0.1, 0.15) is 13.2 Å². The summed E-state index contributed by atoms with van der Waals surface area (Å²) < 4.78 is 23.3. The molecule has 0 heterocycles. The van der Waals surface area contributed by atoms with E-state index >= 15 is 0 Å². The summed E-state index contributed by atoms with van der Waals surface area (Å²) in [6.07, 6.45) is 56.2. The number of rotatable bonds is 37. The zero-order valence-corrected chi connectivity index (χ0v) is 37.4. The number of hydrogen-bond acceptors (Lipinski definition) is 5. The zero-order valence-electron chi connectivity index (χ0n) is 36.5. The van der Waals surface area contributed by atoms with Gasteiger partial charge in [-0.05, 0) is 83.5 Å². The Kier molecular flexibility index (Phi) is 36.7. The monoisotopic (exact) mass is 814 g/mol. The molecule has 3 unspecified atom stereocenters. The zero-order chi connectivity index (χ0) is 42.1. The molecule has 0 rings (SSSR count). The van der Waals surface area contributed by atoms with Gasteiger partial charge in [0.05, 0.1) is 39.9 Å². The largest absolute Gasteiger partial charge is 0.472 e. The molecule has 0 aromatic rings. The van der Waals surface area contributed by atoms with Crippen LogP contribution in [0.2, 0.25) is 0 Å². The molecule has 0 radical (unpaired) electrons. The maximum absolute atomic E-state index is 12.7. The summed E-state index contributed by atoms with van der Waals surface area (Å²) in [6, 6.07) is -0.782. The van der Waals surface area contributed by atoms with Crippen LogP contribution >= 0.6 is 7.82 Å². The maximum atomic E-state index is 12.7. The van der Waals surface area contributed by atoms with Gasteiger partial charge in [-0.3, -0.25) is 13.8 Å². The number of unbranched alkanes of at least 4 members (excludes halogenated alkanes) is 6. The lowest BCUT2D eigenvalue weighted by molar-refractivity contribution is -0.870. The van der Waals surface area contributed by atoms with E-state index < -0.39 is 20.0 Å². The molecule has 0 aliphatic carbocycles. The van der Waals surface area contributed by atoms with Crippen molar-refractivity contribution in [2.45, 2.75) is 148 Å². The van der Waals surface area contributed by atoms with Crippen molar-refractivity contribution in [1.82, 2.24) is 5.32 Å². The number of phosphoric acid groups is 1. The summed E-state index contributed by atoms with van der Waals surface area (Å²) in [5.74, 6) is -0.193. The lowest BCUT2D eigenvalue weighted by Crippen LogP contribution is -2.46. The molecular formula is C48H82N2O6P+. The van der Waals surface area contributed by atoms with Crippen LogP contribution < -0.4 is 5.32 Å². The summed E-state index contributed by atoms with van der Waals surface area (Å²) in [4.78, 5) is 22.9. The highest BCUT2D eigenvalue weighted by Gasteiger charge is 2.28. The number of nitrogens with zero attached hydrogens (tertiary/aromatic N) is 1. The Hall–Kier alpha value is -2.84. The normalized spacial score (nSPS) is 15.4. The molecule has 0 aliphatic heterocycles. The van der Waals surface area contributed by atoms with E-state index in [9.17, 15) is 19.4 Å². The maximum Gasteiger partial charge on any atom is 0.472 e. The van der Waals surface area contributed by atoms with E-state index in [0.717, 1.165) is 109 Å². The number of carbonyl (C=O) groups excluding carboxylic acids is 1. The second-order valence-electron chi connectivity index (χ2n) is 15.3. The Morgan fingerprint density at radius 2 is 1.05 bits per heavy atom. The minimum Gasteiger partial charge on any atom is -0.391 e. The fourth-order valence-electron chi connectivity index (χ4n) is 5.33. The van der Waals surface area contributed by atoms with Crippen LogP contribution in [0.5, 0.6) is 0 Å². The summed E-state index contributed by atoms with van der Waals surface area (Å²) in [6.45, 7) is 4.58. The second-order valence-corrected chi connectivity index (χ2v) is 16.8. The quantitative estimate of drug-likeness (QED) is 0.0250. The molecule has 0 aliphatic rings. The fraction of sp³-hybridized carbons (Fsp3) is 0.604. The molecule has 0 spiro atoms. The molecule has 3 atom stereocenters. The Morgan fingerprint density at radius 3 is 1.49 bits per heavy atom. The van der Waals surface area contributed by atoms with Crippen molar-refractivity contribution in [1.29, 1.82) is 0 Å². The molecule has 8 nitrogen and oxygen atoms in total. The first kappa shape index (κ1) is 54.2. The number of amides is 1. The third-order valence-electron chi connectivity index (χ3n) is 8.79. The lowest BCUT2D eigenvalue weighted by atomic mass is 10.0. The molecule has 0 saturated carbocycles. The van der Waals surface area contributed by atoms with Gasteiger partial charge in [-0.1, -0.05) is 155 Å². The number of likely N-dealkylation sites (N-methyl/N-ethyl adjacent to an activating group) is 1. The number of hydrogen-bond donors (Lipinski definition) is 3. The molecule has 3 N–H and O–H groups in total. The van der Waals surface area contributed by atoms with Crippen LogP contribution in [0.4, 0.5) is 0 Å². The average Bonchev–Trinajstić information content (AvgIpc) is 3.16. The van der Waals surface area contributed by atoms with Gasteiger partial charge in [0.15, 0.2) is 0 Å². The summed E-state index contributed by atoms with van der Waals surface area (Å²) >= 11 is 0. The van der Waals surface area contributed by atoms with E-state index in [4.69, 9.17) is 9.05 Å². The van der Waals surface area contributed by atoms with Gasteiger partial charge < -0.3 is 19.8 Å². The van der Waals surface area contributed by atoms with E-state index in [2.05, 4.69) is 129 Å². The molecule has 0 bridgehead atoms. The lowest BCUT2D eigenvalue weighted by Gasteiger charge is -2.26. The first-order valence-corrected chi connectivity index (χ1v) is 23.2. The molecular weight excluding hydrogens is 732 g/mol. The Morgan fingerprint density at radius 1 is 0.614 bits per heavy atom. The third kappa shape index (κ3) is 41.1. The number of nitrogens with one attached hydrogen (secondary N) is 1. The van der Waals surface area contributed by atoms with E-state index in [-0.39, 0.29) is 19.1 Å². The number of quaternary nitrogens is 1. The number of aliphatic hydroxyl groups excluding tert-OH is 1. The summed E-state index contributed by atoms with van der Waals surface area (Å²) in [5, 5.41) is 13.6. The van der Waals surface area contributed by atoms with Crippen molar-refractivity contribution in [3.8, 4) is 0 Å². The van der Waals surface area contributed by atoms with E-state index in [1.807, 2.05) is 21.1 Å². The van der Waals surface area contributed by atoms with Gasteiger partial charge in [0.25, 0.3) is 0 Å². The predicted octanol–water partition coefficient (Wildman–Crippen LogP) is 12.1. The van der Waals surface area contributed by atoms with Gasteiger partial charge in [-0.2, -0.15) is 0 Å². The van der Waals surface area contributed by atoms with Crippen LogP contribution in [0.15, 0.2) is 109 Å². The van der Waals surface area contributed by atoms with Crippen LogP contribution in [0.1, 0.15) is 136 Å². The highest BCUT2D eigenvalue weighted by molar-refractivity contribution is 7.47. The Bertz CT molecular complexity index is 1290. The molecule has 0 aromatic heterocycles.